The minimum atomic E-state index is -0.318. The van der Waals surface area contributed by atoms with Crippen molar-refractivity contribution in [1.82, 2.24) is 24.4 Å². The Bertz CT molecular complexity index is 1430. The number of pyridine rings is 2. The van der Waals surface area contributed by atoms with Crippen molar-refractivity contribution in [2.75, 3.05) is 11.9 Å². The van der Waals surface area contributed by atoms with E-state index in [1.807, 2.05) is 40.9 Å². The molecule has 1 atom stereocenters. The van der Waals surface area contributed by atoms with E-state index in [-0.39, 0.29) is 17.9 Å². The maximum absolute atomic E-state index is 13.2. The molecule has 1 N–H and O–H groups in total. The van der Waals surface area contributed by atoms with E-state index in [0.717, 1.165) is 35.1 Å². The van der Waals surface area contributed by atoms with Gasteiger partial charge in [0.1, 0.15) is 11.5 Å². The van der Waals surface area contributed by atoms with Gasteiger partial charge in [0.2, 0.25) is 5.91 Å². The Kier molecular flexibility index (Phi) is 6.50. The Hall–Kier alpha value is -4.07. The van der Waals surface area contributed by atoms with E-state index in [1.54, 1.807) is 18.3 Å². The lowest BCUT2D eigenvalue weighted by Crippen LogP contribution is -2.31. The summed E-state index contributed by atoms with van der Waals surface area (Å²) < 4.78 is 2.05. The molecule has 184 valence electrons. The number of aryl methyl sites for hydroxylation is 4. The molecule has 0 spiro atoms. The van der Waals surface area contributed by atoms with E-state index in [1.165, 1.54) is 11.1 Å². The average molecular weight is 483 g/mol. The highest BCUT2D eigenvalue weighted by Crippen LogP contribution is 2.31. The van der Waals surface area contributed by atoms with Crippen LogP contribution in [0, 0.1) is 20.8 Å². The summed E-state index contributed by atoms with van der Waals surface area (Å²) in [6, 6.07) is 13.1. The largest absolute Gasteiger partial charge is 0.334 e. The van der Waals surface area contributed by atoms with Crippen molar-refractivity contribution in [3.63, 3.8) is 0 Å². The fourth-order valence-corrected chi connectivity index (χ4v) is 4.71. The van der Waals surface area contributed by atoms with Crippen LogP contribution in [0.5, 0.6) is 0 Å². The van der Waals surface area contributed by atoms with Crippen molar-refractivity contribution < 1.29 is 9.59 Å². The number of likely N-dealkylation sites (tertiary alicyclic amines) is 1. The lowest BCUT2D eigenvalue weighted by Gasteiger charge is -2.25. The number of carbonyl (C=O) groups excluding carboxylic acids is 2. The predicted octanol–water partition coefficient (Wildman–Crippen LogP) is 4.76. The van der Waals surface area contributed by atoms with Crippen LogP contribution in [0.25, 0.3) is 11.0 Å². The van der Waals surface area contributed by atoms with Crippen LogP contribution in [0.4, 0.5) is 5.82 Å². The van der Waals surface area contributed by atoms with Crippen molar-refractivity contribution in [2.24, 2.45) is 0 Å². The molecule has 8 heteroatoms. The number of carbonyl (C=O) groups is 2. The highest BCUT2D eigenvalue weighted by molar-refractivity contribution is 6.02. The van der Waals surface area contributed by atoms with Crippen molar-refractivity contribution in [1.29, 1.82) is 0 Å². The Morgan fingerprint density at radius 3 is 2.69 bits per heavy atom. The van der Waals surface area contributed by atoms with Crippen LogP contribution in [0.2, 0.25) is 0 Å². The fraction of sp³-hybridized carbons (Fsp3) is 0.321. The van der Waals surface area contributed by atoms with Crippen molar-refractivity contribution >= 4 is 28.7 Å². The van der Waals surface area contributed by atoms with Crippen molar-refractivity contribution in [3.05, 3.63) is 83.1 Å². The summed E-state index contributed by atoms with van der Waals surface area (Å²) in [4.78, 5) is 41.3. The number of rotatable bonds is 6. The second kappa shape index (κ2) is 9.89. The van der Waals surface area contributed by atoms with Gasteiger partial charge in [-0.1, -0.05) is 12.1 Å². The first-order valence-electron chi connectivity index (χ1n) is 12.3. The predicted molar refractivity (Wildman–Crippen MR) is 139 cm³/mol. The number of nitrogens with one attached hydrogen (secondary N) is 1. The number of benzene rings is 1. The molecule has 1 aliphatic rings. The summed E-state index contributed by atoms with van der Waals surface area (Å²) in [5, 5.41) is 2.79. The van der Waals surface area contributed by atoms with E-state index in [0.29, 0.717) is 31.0 Å². The smallest absolute Gasteiger partial charge is 0.275 e. The number of nitrogens with zero attached hydrogens (tertiary/aromatic N) is 5. The molecule has 1 saturated heterocycles. The molecule has 0 aliphatic carbocycles. The third-order valence-electron chi connectivity index (χ3n) is 6.87. The first-order valence-corrected chi connectivity index (χ1v) is 12.3. The zero-order chi connectivity index (χ0) is 25.2. The monoisotopic (exact) mass is 482 g/mol. The molecule has 0 saturated carbocycles. The maximum Gasteiger partial charge on any atom is 0.275 e. The van der Waals surface area contributed by atoms with Crippen molar-refractivity contribution in [2.45, 2.75) is 52.6 Å². The van der Waals surface area contributed by atoms with Crippen LogP contribution in [0.3, 0.4) is 0 Å². The minimum absolute atomic E-state index is 0.0868. The first kappa shape index (κ1) is 23.7. The molecule has 8 nitrogen and oxygen atoms in total. The summed E-state index contributed by atoms with van der Waals surface area (Å²) in [5.41, 5.74) is 6.49. The second-order valence-electron chi connectivity index (χ2n) is 9.48. The van der Waals surface area contributed by atoms with E-state index in [4.69, 9.17) is 0 Å². The van der Waals surface area contributed by atoms with E-state index in [2.05, 4.69) is 46.2 Å². The molecule has 2 amide bonds. The third-order valence-corrected chi connectivity index (χ3v) is 6.87. The van der Waals surface area contributed by atoms with Gasteiger partial charge < -0.3 is 14.8 Å². The highest BCUT2D eigenvalue weighted by atomic mass is 16.2. The molecule has 1 fully saturated rings. The highest BCUT2D eigenvalue weighted by Gasteiger charge is 2.31. The molecule has 1 aromatic carbocycles. The standard InChI is InChI=1S/C28H30N6O2/c1-18-9-10-26(29-16-18)32-28(36)22-7-4-6-21(31-22)24-8-5-12-34(24)27(35)11-13-33-17-30-23-14-19(2)20(3)15-25(23)33/h4,6-7,9-10,14-17,24H,5,8,11-13H2,1-3H3,(H,29,32,36)/t24-/m1/s1. The van der Waals surface area contributed by atoms with E-state index < -0.39 is 0 Å². The molecule has 1 aliphatic heterocycles. The Morgan fingerprint density at radius 2 is 1.89 bits per heavy atom. The molecule has 5 rings (SSSR count). The average Bonchev–Trinajstić information content (AvgIpc) is 3.52. The molecule has 4 heterocycles. The van der Waals surface area contributed by atoms with Crippen LogP contribution in [0.15, 0.2) is 55.0 Å². The lowest BCUT2D eigenvalue weighted by atomic mass is 10.1. The van der Waals surface area contributed by atoms with Crippen LogP contribution in [-0.2, 0) is 11.3 Å². The summed E-state index contributed by atoms with van der Waals surface area (Å²) in [6.45, 7) is 7.37. The van der Waals surface area contributed by atoms with Crippen LogP contribution in [0.1, 0.15) is 58.2 Å². The number of amides is 2. The number of imidazole rings is 1. The van der Waals surface area contributed by atoms with Gasteiger partial charge in [-0.2, -0.15) is 0 Å². The zero-order valence-electron chi connectivity index (χ0n) is 20.9. The molecule has 0 radical (unpaired) electrons. The van der Waals surface area contributed by atoms with Gasteiger partial charge in [0.05, 0.1) is 29.1 Å². The fourth-order valence-electron chi connectivity index (χ4n) is 4.71. The quantitative estimate of drug-likeness (QED) is 0.428. The number of anilines is 1. The molecule has 3 aromatic heterocycles. The summed E-state index contributed by atoms with van der Waals surface area (Å²) in [7, 11) is 0. The van der Waals surface area contributed by atoms with E-state index >= 15 is 0 Å². The number of fused-ring (bicyclic) bond motifs is 1. The SMILES string of the molecule is Cc1ccc(NC(=O)c2cccc([C@H]3CCCN3C(=O)CCn3cnc4cc(C)c(C)cc43)n2)nc1. The zero-order valence-corrected chi connectivity index (χ0v) is 20.9. The Labute approximate surface area is 210 Å². The Morgan fingerprint density at radius 1 is 1.06 bits per heavy atom. The van der Waals surface area contributed by atoms with E-state index in [9.17, 15) is 9.59 Å². The normalized spacial score (nSPS) is 15.4. The topological polar surface area (TPSA) is 93.0 Å². The number of hydrogen-bond acceptors (Lipinski definition) is 5. The van der Waals surface area contributed by atoms with Gasteiger partial charge in [0, 0.05) is 25.7 Å². The van der Waals surface area contributed by atoms with Crippen LogP contribution >= 0.6 is 0 Å². The van der Waals surface area contributed by atoms with Gasteiger partial charge in [0.25, 0.3) is 5.91 Å². The van der Waals surface area contributed by atoms with Gasteiger partial charge in [-0.05, 0) is 80.6 Å². The molecular formula is C28H30N6O2. The second-order valence-corrected chi connectivity index (χ2v) is 9.48. The number of aromatic nitrogens is 4. The van der Waals surface area contributed by atoms with Gasteiger partial charge in [-0.15, -0.1) is 0 Å². The van der Waals surface area contributed by atoms with Gasteiger partial charge in [-0.25, -0.2) is 15.0 Å². The van der Waals surface area contributed by atoms with Gasteiger partial charge >= 0.3 is 0 Å². The molecule has 36 heavy (non-hydrogen) atoms. The lowest BCUT2D eigenvalue weighted by molar-refractivity contribution is -0.132. The summed E-state index contributed by atoms with van der Waals surface area (Å²) in [6.07, 6.45) is 5.64. The van der Waals surface area contributed by atoms with Crippen molar-refractivity contribution in [3.8, 4) is 0 Å². The molecule has 0 bridgehead atoms. The minimum Gasteiger partial charge on any atom is -0.334 e. The molecule has 4 aromatic rings. The molecule has 0 unspecified atom stereocenters. The maximum atomic E-state index is 13.2. The molecular weight excluding hydrogens is 452 g/mol. The van der Waals surface area contributed by atoms with Crippen LogP contribution < -0.4 is 5.32 Å². The first-order chi connectivity index (χ1) is 17.4. The summed E-state index contributed by atoms with van der Waals surface area (Å²) in [5.74, 6) is 0.248. The Balaban J connectivity index is 1.27. The third kappa shape index (κ3) is 4.84. The number of hydrogen-bond donors (Lipinski definition) is 1. The van der Waals surface area contributed by atoms with Gasteiger partial charge in [-0.3, -0.25) is 9.59 Å². The summed E-state index contributed by atoms with van der Waals surface area (Å²) >= 11 is 0. The van der Waals surface area contributed by atoms with Gasteiger partial charge in [0.15, 0.2) is 0 Å². The van der Waals surface area contributed by atoms with Crippen LogP contribution in [-0.4, -0.2) is 42.8 Å².